The van der Waals surface area contributed by atoms with E-state index in [0.29, 0.717) is 31.7 Å². The molecule has 0 atom stereocenters. The van der Waals surface area contributed by atoms with E-state index in [9.17, 15) is 4.79 Å². The Kier molecular flexibility index (Phi) is 11.7. The van der Waals surface area contributed by atoms with Crippen LogP contribution in [0.2, 0.25) is 0 Å². The Balaban J connectivity index is 3.05. The summed E-state index contributed by atoms with van der Waals surface area (Å²) in [4.78, 5) is 28.0. The van der Waals surface area contributed by atoms with Crippen molar-refractivity contribution in [2.45, 2.75) is 13.8 Å². The number of carbonyl (C=O) groups excluding carboxylic acids is 1. The van der Waals surface area contributed by atoms with Crippen LogP contribution in [0.15, 0.2) is 12.2 Å². The van der Waals surface area contributed by atoms with Crippen molar-refractivity contribution in [2.75, 3.05) is 76.4 Å². The first-order valence-corrected chi connectivity index (χ1v) is 8.79. The molecule has 1 amide bonds. The van der Waals surface area contributed by atoms with Gasteiger partial charge in [0.05, 0.1) is 13.2 Å². The lowest BCUT2D eigenvalue weighted by atomic mass is 10.5. The first-order valence-electron chi connectivity index (χ1n) is 8.79. The summed E-state index contributed by atoms with van der Waals surface area (Å²) < 4.78 is 20.9. The molecule has 0 bridgehead atoms. The summed E-state index contributed by atoms with van der Waals surface area (Å²) in [6, 6.07) is 0. The van der Waals surface area contributed by atoms with E-state index in [1.807, 2.05) is 19.1 Å². The van der Waals surface area contributed by atoms with Crippen LogP contribution in [0.1, 0.15) is 13.8 Å². The van der Waals surface area contributed by atoms with Gasteiger partial charge in [-0.2, -0.15) is 15.0 Å². The van der Waals surface area contributed by atoms with Crippen molar-refractivity contribution in [3.63, 3.8) is 0 Å². The van der Waals surface area contributed by atoms with Crippen molar-refractivity contribution in [3.8, 4) is 0 Å². The molecule has 1 N–H and O–H groups in total. The van der Waals surface area contributed by atoms with E-state index in [4.69, 9.17) is 18.9 Å². The zero-order valence-electron chi connectivity index (χ0n) is 17.2. The van der Waals surface area contributed by atoms with Crippen LogP contribution >= 0.6 is 0 Å². The van der Waals surface area contributed by atoms with Gasteiger partial charge in [0.25, 0.3) is 0 Å². The van der Waals surface area contributed by atoms with Gasteiger partial charge >= 0.3 is 0 Å². The summed E-state index contributed by atoms with van der Waals surface area (Å²) in [5.41, 5.74) is 0. The third-order valence-electron chi connectivity index (χ3n) is 3.28. The minimum Gasteiger partial charge on any atom is -0.381 e. The molecule has 0 saturated heterocycles. The van der Waals surface area contributed by atoms with E-state index in [1.54, 1.807) is 19.1 Å². The van der Waals surface area contributed by atoms with Gasteiger partial charge < -0.3 is 24.3 Å². The standard InChI is InChI=1S/C17H30N6O5/c1-6-18-15-19-16(21-17(20-15)23(13-27-5)14(2)24)22(11-26-4)12-28-10-8-7-9-25-3/h7-8H,6,9-13H2,1-5H3,(H,18,19,20,21)/b8-7+. The highest BCUT2D eigenvalue weighted by molar-refractivity contribution is 5.89. The number of anilines is 3. The fourth-order valence-electron chi connectivity index (χ4n) is 2.04. The number of carbonyl (C=O) groups is 1. The summed E-state index contributed by atoms with van der Waals surface area (Å²) >= 11 is 0. The first kappa shape index (κ1) is 23.7. The average molecular weight is 398 g/mol. The van der Waals surface area contributed by atoms with Crippen LogP contribution in [0.3, 0.4) is 0 Å². The van der Waals surface area contributed by atoms with E-state index in [1.165, 1.54) is 18.9 Å². The third kappa shape index (κ3) is 8.13. The van der Waals surface area contributed by atoms with Gasteiger partial charge in [-0.3, -0.25) is 14.6 Å². The van der Waals surface area contributed by atoms with E-state index in [-0.39, 0.29) is 32.0 Å². The second kappa shape index (κ2) is 13.8. The number of methoxy groups -OCH3 is 3. The van der Waals surface area contributed by atoms with Crippen LogP contribution in [-0.2, 0) is 23.7 Å². The lowest BCUT2D eigenvalue weighted by Gasteiger charge is -2.24. The van der Waals surface area contributed by atoms with Crippen molar-refractivity contribution in [2.24, 2.45) is 0 Å². The van der Waals surface area contributed by atoms with Gasteiger partial charge in [-0.15, -0.1) is 0 Å². The van der Waals surface area contributed by atoms with Gasteiger partial charge in [0, 0.05) is 34.8 Å². The summed E-state index contributed by atoms with van der Waals surface area (Å²) in [6.07, 6.45) is 3.72. The van der Waals surface area contributed by atoms with Crippen LogP contribution < -0.4 is 15.1 Å². The predicted molar refractivity (Wildman–Crippen MR) is 105 cm³/mol. The minimum atomic E-state index is -0.251. The molecule has 0 fully saturated rings. The predicted octanol–water partition coefficient (Wildman–Crippen LogP) is 0.847. The molecular weight excluding hydrogens is 368 g/mol. The molecule has 0 aliphatic heterocycles. The van der Waals surface area contributed by atoms with Gasteiger partial charge in [-0.1, -0.05) is 12.2 Å². The maximum absolute atomic E-state index is 12.0. The summed E-state index contributed by atoms with van der Waals surface area (Å²) in [5, 5.41) is 3.04. The highest BCUT2D eigenvalue weighted by Crippen LogP contribution is 2.17. The molecule has 1 aromatic rings. The molecule has 1 aromatic heterocycles. The molecule has 0 saturated carbocycles. The fraction of sp³-hybridized carbons (Fsp3) is 0.647. The quantitative estimate of drug-likeness (QED) is 0.275. The number of aromatic nitrogens is 3. The molecule has 11 nitrogen and oxygen atoms in total. The molecule has 0 radical (unpaired) electrons. The normalized spacial score (nSPS) is 11.0. The topological polar surface area (TPSA) is 111 Å². The summed E-state index contributed by atoms with van der Waals surface area (Å²) in [5.74, 6) is 0.577. The van der Waals surface area contributed by atoms with E-state index >= 15 is 0 Å². The molecule has 0 aliphatic rings. The summed E-state index contributed by atoms with van der Waals surface area (Å²) in [7, 11) is 4.68. The minimum absolute atomic E-state index is 0.0232. The lowest BCUT2D eigenvalue weighted by Crippen LogP contribution is -2.35. The molecule has 0 spiro atoms. The van der Waals surface area contributed by atoms with Crippen molar-refractivity contribution >= 4 is 23.8 Å². The molecule has 1 heterocycles. The van der Waals surface area contributed by atoms with Crippen LogP contribution in [-0.4, -0.2) is 82.1 Å². The first-order chi connectivity index (χ1) is 13.6. The Labute approximate surface area is 165 Å². The Bertz CT molecular complexity index is 616. The second-order valence-electron chi connectivity index (χ2n) is 5.54. The SMILES string of the molecule is CCNc1nc(N(COC)COC/C=C/COC)nc(N(COC)C(C)=O)n1. The number of amides is 1. The van der Waals surface area contributed by atoms with Crippen LogP contribution in [0.5, 0.6) is 0 Å². The van der Waals surface area contributed by atoms with E-state index < -0.39 is 0 Å². The Hall–Kier alpha value is -2.34. The third-order valence-corrected chi connectivity index (χ3v) is 3.28. The highest BCUT2D eigenvalue weighted by Gasteiger charge is 2.20. The van der Waals surface area contributed by atoms with Crippen LogP contribution in [0, 0.1) is 0 Å². The Morgan fingerprint density at radius 2 is 1.64 bits per heavy atom. The summed E-state index contributed by atoms with van der Waals surface area (Å²) in [6.45, 7) is 5.26. The van der Waals surface area contributed by atoms with Crippen molar-refractivity contribution < 1.29 is 23.7 Å². The maximum atomic E-state index is 12.0. The number of ether oxygens (including phenoxy) is 4. The molecular formula is C17H30N6O5. The van der Waals surface area contributed by atoms with Gasteiger partial charge in [-0.25, -0.2) is 0 Å². The largest absolute Gasteiger partial charge is 0.381 e. The number of hydrogen-bond donors (Lipinski definition) is 1. The molecule has 0 aliphatic carbocycles. The molecule has 1 rings (SSSR count). The van der Waals surface area contributed by atoms with Gasteiger partial charge in [0.1, 0.15) is 20.2 Å². The lowest BCUT2D eigenvalue weighted by molar-refractivity contribution is -0.117. The number of rotatable bonds is 14. The maximum Gasteiger partial charge on any atom is 0.240 e. The molecule has 0 unspecified atom stereocenters. The fourth-order valence-corrected chi connectivity index (χ4v) is 2.04. The Morgan fingerprint density at radius 3 is 2.25 bits per heavy atom. The van der Waals surface area contributed by atoms with E-state index in [0.717, 1.165) is 0 Å². The molecule has 0 aromatic carbocycles. The zero-order valence-corrected chi connectivity index (χ0v) is 17.2. The number of nitrogens with one attached hydrogen (secondary N) is 1. The van der Waals surface area contributed by atoms with Gasteiger partial charge in [0.15, 0.2) is 0 Å². The van der Waals surface area contributed by atoms with E-state index in [2.05, 4.69) is 20.3 Å². The smallest absolute Gasteiger partial charge is 0.240 e. The zero-order chi connectivity index (χ0) is 20.8. The molecule has 11 heteroatoms. The Morgan fingerprint density at radius 1 is 0.964 bits per heavy atom. The van der Waals surface area contributed by atoms with Gasteiger partial charge in [0.2, 0.25) is 23.8 Å². The number of nitrogens with zero attached hydrogens (tertiary/aromatic N) is 5. The second-order valence-corrected chi connectivity index (χ2v) is 5.54. The van der Waals surface area contributed by atoms with Crippen LogP contribution in [0.25, 0.3) is 0 Å². The van der Waals surface area contributed by atoms with Crippen molar-refractivity contribution in [3.05, 3.63) is 12.2 Å². The van der Waals surface area contributed by atoms with Gasteiger partial charge in [-0.05, 0) is 6.92 Å². The van der Waals surface area contributed by atoms with Crippen LogP contribution in [0.4, 0.5) is 17.8 Å². The van der Waals surface area contributed by atoms with Crippen molar-refractivity contribution in [1.82, 2.24) is 15.0 Å². The average Bonchev–Trinajstić information content (AvgIpc) is 2.67. The highest BCUT2D eigenvalue weighted by atomic mass is 16.5. The monoisotopic (exact) mass is 398 g/mol. The molecule has 158 valence electrons. The number of hydrogen-bond acceptors (Lipinski definition) is 10. The molecule has 28 heavy (non-hydrogen) atoms. The van der Waals surface area contributed by atoms with Crippen molar-refractivity contribution in [1.29, 1.82) is 0 Å².